The number of halogens is 2. The summed E-state index contributed by atoms with van der Waals surface area (Å²) in [6, 6.07) is 9.02. The van der Waals surface area contributed by atoms with Gasteiger partial charge in [0.2, 0.25) is 5.56 Å². The Hall–Kier alpha value is -2.21. The molecule has 0 radical (unpaired) electrons. The molecule has 6 heteroatoms. The van der Waals surface area contributed by atoms with Crippen molar-refractivity contribution < 1.29 is 13.5 Å². The highest BCUT2D eigenvalue weighted by Gasteiger charge is 2.34. The van der Waals surface area contributed by atoms with Crippen LogP contribution < -0.4 is 10.3 Å². The highest BCUT2D eigenvalue weighted by Crippen LogP contribution is 2.36. The zero-order valence-corrected chi connectivity index (χ0v) is 15.9. The van der Waals surface area contributed by atoms with Crippen molar-refractivity contribution in [3.05, 3.63) is 64.1 Å². The molecule has 150 valence electrons. The average Bonchev–Trinajstić information content (AvgIpc) is 3.24. The lowest BCUT2D eigenvalue weighted by molar-refractivity contribution is 0.0422. The van der Waals surface area contributed by atoms with Crippen molar-refractivity contribution >= 4 is 0 Å². The number of rotatable bonds is 5. The average molecular weight is 388 g/mol. The number of aromatic nitrogens is 1. The first-order valence-electron chi connectivity index (χ1n) is 10.1. The molecule has 2 aliphatic rings. The van der Waals surface area contributed by atoms with E-state index in [0.29, 0.717) is 5.75 Å². The first-order chi connectivity index (χ1) is 13.5. The maximum atomic E-state index is 14.6. The zero-order chi connectivity index (χ0) is 19.6. The molecule has 1 saturated carbocycles. The number of benzene rings is 1. The number of hydrogen-bond acceptors (Lipinski definition) is 3. The second-order valence-electron chi connectivity index (χ2n) is 7.83. The molecule has 1 aliphatic carbocycles. The lowest BCUT2D eigenvalue weighted by Gasteiger charge is -2.36. The summed E-state index contributed by atoms with van der Waals surface area (Å²) >= 11 is 0. The van der Waals surface area contributed by atoms with E-state index in [2.05, 4.69) is 9.88 Å². The molecule has 0 unspecified atom stereocenters. The van der Waals surface area contributed by atoms with E-state index in [9.17, 15) is 13.6 Å². The Labute approximate surface area is 163 Å². The van der Waals surface area contributed by atoms with Crippen LogP contribution in [0.3, 0.4) is 0 Å². The number of H-pyrrole nitrogens is 1. The summed E-state index contributed by atoms with van der Waals surface area (Å²) in [6.07, 6.45) is 8.48. The third-order valence-electron chi connectivity index (χ3n) is 5.98. The van der Waals surface area contributed by atoms with Crippen LogP contribution in [0.2, 0.25) is 0 Å². The van der Waals surface area contributed by atoms with Gasteiger partial charge in [0.05, 0.1) is 0 Å². The Morgan fingerprint density at radius 1 is 0.929 bits per heavy atom. The number of hydrogen-bond donors (Lipinski definition) is 1. The van der Waals surface area contributed by atoms with Gasteiger partial charge in [0, 0.05) is 42.5 Å². The number of alkyl halides is 2. The van der Waals surface area contributed by atoms with Gasteiger partial charge in [0.25, 0.3) is 5.92 Å². The van der Waals surface area contributed by atoms with Gasteiger partial charge < -0.3 is 14.6 Å². The van der Waals surface area contributed by atoms with E-state index in [1.807, 2.05) is 0 Å². The monoisotopic (exact) mass is 388 g/mol. The van der Waals surface area contributed by atoms with Crippen LogP contribution in [0.25, 0.3) is 0 Å². The summed E-state index contributed by atoms with van der Waals surface area (Å²) in [5.41, 5.74) is -0.759. The van der Waals surface area contributed by atoms with E-state index in [4.69, 9.17) is 4.74 Å². The summed E-state index contributed by atoms with van der Waals surface area (Å²) in [5.74, 6) is -2.55. The first-order valence-corrected chi connectivity index (χ1v) is 10.1. The summed E-state index contributed by atoms with van der Waals surface area (Å²) in [4.78, 5) is 16.0. The minimum Gasteiger partial charge on any atom is -0.490 e. The lowest BCUT2D eigenvalue weighted by Crippen LogP contribution is -2.43. The Kier molecular flexibility index (Phi) is 5.49. The van der Waals surface area contributed by atoms with Crippen molar-refractivity contribution in [2.24, 2.45) is 0 Å². The normalized spacial score (nSPS) is 19.8. The number of ether oxygens (including phenoxy) is 1. The van der Waals surface area contributed by atoms with Crippen molar-refractivity contribution in [3.8, 4) is 5.75 Å². The number of nitrogens with one attached hydrogen (secondary N) is 1. The maximum absolute atomic E-state index is 14.6. The van der Waals surface area contributed by atoms with Crippen molar-refractivity contribution in [3.63, 3.8) is 0 Å². The molecular weight excluding hydrogens is 362 g/mol. The number of piperidine rings is 1. The second kappa shape index (κ2) is 8.03. The standard InChI is InChI=1S/C22H26F2N2O2/c23-22(24,17-7-10-21(27)25-15-17)16-5-8-19(9-6-16)28-20-11-13-26(14-12-20)18-3-1-2-4-18/h5-10,15,18,20H,1-4,11-14H2,(H,25,27). The highest BCUT2D eigenvalue weighted by atomic mass is 19.3. The highest BCUT2D eigenvalue weighted by molar-refractivity contribution is 5.35. The SMILES string of the molecule is O=c1ccc(C(F)(F)c2ccc(OC3CCN(C4CCCC4)CC3)cc2)c[nH]1. The number of nitrogens with zero attached hydrogens (tertiary/aromatic N) is 1. The van der Waals surface area contributed by atoms with Crippen LogP contribution in [-0.4, -0.2) is 35.1 Å². The van der Waals surface area contributed by atoms with Crippen molar-refractivity contribution in [1.82, 2.24) is 9.88 Å². The van der Waals surface area contributed by atoms with Gasteiger partial charge in [0.15, 0.2) is 0 Å². The molecule has 1 aliphatic heterocycles. The fraction of sp³-hybridized carbons (Fsp3) is 0.500. The van der Waals surface area contributed by atoms with Crippen LogP contribution in [0, 0.1) is 0 Å². The van der Waals surface area contributed by atoms with Crippen molar-refractivity contribution in [2.75, 3.05) is 13.1 Å². The van der Waals surface area contributed by atoms with E-state index in [0.717, 1.165) is 50.3 Å². The molecule has 0 bridgehead atoms. The molecule has 0 amide bonds. The van der Waals surface area contributed by atoms with E-state index in [1.165, 1.54) is 37.8 Å². The predicted molar refractivity (Wildman–Crippen MR) is 104 cm³/mol. The van der Waals surface area contributed by atoms with Crippen LogP contribution in [0.5, 0.6) is 5.75 Å². The summed E-state index contributed by atoms with van der Waals surface area (Å²) in [7, 11) is 0. The molecule has 1 aromatic heterocycles. The molecule has 2 heterocycles. The summed E-state index contributed by atoms with van der Waals surface area (Å²) in [6.45, 7) is 2.11. The smallest absolute Gasteiger partial charge is 0.299 e. The van der Waals surface area contributed by atoms with Gasteiger partial charge >= 0.3 is 0 Å². The molecule has 2 aromatic rings. The summed E-state index contributed by atoms with van der Waals surface area (Å²) in [5, 5.41) is 0. The minimum atomic E-state index is -3.17. The molecule has 0 atom stereocenters. The van der Waals surface area contributed by atoms with Crippen LogP contribution in [0.15, 0.2) is 47.4 Å². The van der Waals surface area contributed by atoms with Gasteiger partial charge in [-0.25, -0.2) is 0 Å². The molecule has 2 fully saturated rings. The van der Waals surface area contributed by atoms with Gasteiger partial charge in [0.1, 0.15) is 11.9 Å². The Bertz CT molecular complexity index is 816. The Morgan fingerprint density at radius 2 is 1.57 bits per heavy atom. The third-order valence-corrected chi connectivity index (χ3v) is 5.98. The van der Waals surface area contributed by atoms with Gasteiger partial charge in [-0.1, -0.05) is 12.8 Å². The fourth-order valence-electron chi connectivity index (χ4n) is 4.34. The molecule has 1 saturated heterocycles. The van der Waals surface area contributed by atoms with E-state index < -0.39 is 11.5 Å². The van der Waals surface area contributed by atoms with Crippen LogP contribution in [0.4, 0.5) is 8.78 Å². The quantitative estimate of drug-likeness (QED) is 0.831. The van der Waals surface area contributed by atoms with Gasteiger partial charge in [-0.3, -0.25) is 4.79 Å². The Morgan fingerprint density at radius 3 is 2.18 bits per heavy atom. The van der Waals surface area contributed by atoms with Crippen LogP contribution in [-0.2, 0) is 5.92 Å². The molecule has 0 spiro atoms. The van der Waals surface area contributed by atoms with E-state index in [-0.39, 0.29) is 17.2 Å². The predicted octanol–water partition coefficient (Wildman–Crippen LogP) is 4.30. The maximum Gasteiger partial charge on any atom is 0.299 e. The summed E-state index contributed by atoms with van der Waals surface area (Å²) < 4.78 is 35.3. The lowest BCUT2D eigenvalue weighted by atomic mass is 10.0. The van der Waals surface area contributed by atoms with Gasteiger partial charge in [-0.2, -0.15) is 8.78 Å². The molecule has 28 heavy (non-hydrogen) atoms. The first kappa shape index (κ1) is 19.1. The minimum absolute atomic E-state index is 0.122. The molecular formula is C22H26F2N2O2. The van der Waals surface area contributed by atoms with Gasteiger partial charge in [-0.05, 0) is 56.0 Å². The Balaban J connectivity index is 1.36. The third kappa shape index (κ3) is 4.12. The number of likely N-dealkylation sites (tertiary alicyclic amines) is 1. The van der Waals surface area contributed by atoms with Crippen molar-refractivity contribution in [1.29, 1.82) is 0 Å². The van der Waals surface area contributed by atoms with E-state index in [1.54, 1.807) is 12.1 Å². The van der Waals surface area contributed by atoms with Crippen LogP contribution in [0.1, 0.15) is 49.7 Å². The largest absolute Gasteiger partial charge is 0.490 e. The number of pyridine rings is 1. The van der Waals surface area contributed by atoms with Gasteiger partial charge in [-0.15, -0.1) is 0 Å². The topological polar surface area (TPSA) is 45.3 Å². The molecule has 1 aromatic carbocycles. The zero-order valence-electron chi connectivity index (χ0n) is 15.9. The molecule has 4 nitrogen and oxygen atoms in total. The van der Waals surface area contributed by atoms with Crippen molar-refractivity contribution in [2.45, 2.75) is 56.6 Å². The molecule has 4 rings (SSSR count). The second-order valence-corrected chi connectivity index (χ2v) is 7.83. The molecule has 1 N–H and O–H groups in total. The van der Waals surface area contributed by atoms with E-state index >= 15 is 0 Å². The van der Waals surface area contributed by atoms with Crippen LogP contribution >= 0.6 is 0 Å². The fourth-order valence-corrected chi connectivity index (χ4v) is 4.34. The number of aromatic amines is 1.